The molecule has 1 fully saturated rings. The van der Waals surface area contributed by atoms with E-state index in [4.69, 9.17) is 4.74 Å². The quantitative estimate of drug-likeness (QED) is 0.0410. The first-order chi connectivity index (χ1) is 23.1. The minimum absolute atomic E-state index is 0.103. The molecule has 1 atom stereocenters. The molecule has 0 radical (unpaired) electrons. The van der Waals surface area contributed by atoms with Gasteiger partial charge in [0.15, 0.2) is 0 Å². The summed E-state index contributed by atoms with van der Waals surface area (Å²) in [7, 11) is 4.33. The smallest absolute Gasteiger partial charge is 0.309 e. The zero-order valence-corrected chi connectivity index (χ0v) is 32.2. The Morgan fingerprint density at radius 1 is 0.553 bits per heavy atom. The van der Waals surface area contributed by atoms with Crippen LogP contribution in [0.15, 0.2) is 36.5 Å². The van der Waals surface area contributed by atoms with Gasteiger partial charge in [-0.05, 0) is 117 Å². The maximum Gasteiger partial charge on any atom is 0.309 e. The number of nitrogens with zero attached hydrogens (tertiary/aromatic N) is 1. The fourth-order valence-electron chi connectivity index (χ4n) is 6.96. The monoisotopic (exact) mass is 656 g/mol. The van der Waals surface area contributed by atoms with Gasteiger partial charge < -0.3 is 9.64 Å². The van der Waals surface area contributed by atoms with E-state index < -0.39 is 0 Å². The van der Waals surface area contributed by atoms with Gasteiger partial charge in [0.1, 0.15) is 6.10 Å². The average molecular weight is 656 g/mol. The zero-order valence-electron chi connectivity index (χ0n) is 32.2. The van der Waals surface area contributed by atoms with Crippen LogP contribution in [0.4, 0.5) is 0 Å². The molecule has 0 bridgehead atoms. The van der Waals surface area contributed by atoms with Crippen molar-refractivity contribution in [2.75, 3.05) is 14.1 Å². The van der Waals surface area contributed by atoms with Crippen LogP contribution in [0.3, 0.4) is 0 Å². The lowest BCUT2D eigenvalue weighted by Crippen LogP contribution is -2.35. The second kappa shape index (κ2) is 33.2. The first-order valence-electron chi connectivity index (χ1n) is 20.9. The van der Waals surface area contributed by atoms with Crippen LogP contribution in [0.2, 0.25) is 0 Å². The maximum absolute atomic E-state index is 13.2. The van der Waals surface area contributed by atoms with Gasteiger partial charge in [-0.2, -0.15) is 0 Å². The number of esters is 1. The van der Waals surface area contributed by atoms with Crippen LogP contribution >= 0.6 is 0 Å². The molecular weight excluding hydrogens is 574 g/mol. The molecule has 1 unspecified atom stereocenters. The predicted molar refractivity (Wildman–Crippen MR) is 208 cm³/mol. The highest BCUT2D eigenvalue weighted by Crippen LogP contribution is 2.29. The molecule has 0 aromatic heterocycles. The van der Waals surface area contributed by atoms with Crippen LogP contribution in [0.5, 0.6) is 0 Å². The molecule has 0 aromatic rings. The predicted octanol–water partition coefficient (Wildman–Crippen LogP) is 13.9. The van der Waals surface area contributed by atoms with Crippen molar-refractivity contribution in [1.82, 2.24) is 4.90 Å². The SMILES string of the molecule is CCCC/C=C\C/C=C\CCCCCCCCC(CCCCCCCC/C=C\CCCCCCC)OC(=O)C1CCC(N(C)C)CC1. The van der Waals surface area contributed by atoms with Crippen molar-refractivity contribution in [3.05, 3.63) is 36.5 Å². The van der Waals surface area contributed by atoms with Gasteiger partial charge in [0.05, 0.1) is 5.92 Å². The maximum atomic E-state index is 13.2. The number of hydrogen-bond acceptors (Lipinski definition) is 3. The molecule has 1 aliphatic carbocycles. The van der Waals surface area contributed by atoms with Crippen LogP contribution < -0.4 is 0 Å². The summed E-state index contributed by atoms with van der Waals surface area (Å²) >= 11 is 0. The first-order valence-corrected chi connectivity index (χ1v) is 20.9. The molecule has 274 valence electrons. The van der Waals surface area contributed by atoms with Crippen molar-refractivity contribution in [1.29, 1.82) is 0 Å². The molecule has 3 nitrogen and oxygen atoms in total. The van der Waals surface area contributed by atoms with Gasteiger partial charge in [-0.3, -0.25) is 4.79 Å². The number of allylic oxidation sites excluding steroid dienone is 6. The van der Waals surface area contributed by atoms with Gasteiger partial charge in [0.2, 0.25) is 0 Å². The van der Waals surface area contributed by atoms with Crippen molar-refractivity contribution in [2.45, 2.75) is 219 Å². The molecule has 3 heteroatoms. The molecule has 0 N–H and O–H groups in total. The van der Waals surface area contributed by atoms with Crippen molar-refractivity contribution >= 4 is 5.97 Å². The topological polar surface area (TPSA) is 29.5 Å². The summed E-state index contributed by atoms with van der Waals surface area (Å²) in [6.45, 7) is 4.54. The number of unbranched alkanes of at least 4 members (excludes halogenated alkanes) is 19. The highest BCUT2D eigenvalue weighted by molar-refractivity contribution is 5.72. The standard InChI is InChI=1S/C44H81NO2/c1-5-7-9-11-13-15-17-19-21-23-25-27-29-31-33-35-43(47-44(46)41-37-39-42(40-38-41)45(3)4)36-34-32-30-28-26-24-22-20-18-16-14-12-10-8-6-2/h11,13,17-20,41-43H,5-10,12,14-16,21-40H2,1-4H3/b13-11-,19-17-,20-18-. The lowest BCUT2D eigenvalue weighted by atomic mass is 9.85. The molecule has 0 spiro atoms. The number of hydrogen-bond donors (Lipinski definition) is 0. The largest absolute Gasteiger partial charge is 0.462 e. The Morgan fingerprint density at radius 2 is 0.957 bits per heavy atom. The Morgan fingerprint density at radius 3 is 1.43 bits per heavy atom. The second-order valence-corrected chi connectivity index (χ2v) is 14.9. The molecule has 0 aromatic carbocycles. The molecule has 0 heterocycles. The third-order valence-corrected chi connectivity index (χ3v) is 10.3. The molecule has 47 heavy (non-hydrogen) atoms. The van der Waals surface area contributed by atoms with E-state index in [-0.39, 0.29) is 18.0 Å². The third-order valence-electron chi connectivity index (χ3n) is 10.3. The highest BCUT2D eigenvalue weighted by Gasteiger charge is 2.29. The number of rotatable bonds is 32. The van der Waals surface area contributed by atoms with E-state index in [0.29, 0.717) is 6.04 Å². The van der Waals surface area contributed by atoms with Crippen molar-refractivity contribution in [3.63, 3.8) is 0 Å². The van der Waals surface area contributed by atoms with Crippen LogP contribution in [0.1, 0.15) is 206 Å². The number of ether oxygens (including phenoxy) is 1. The zero-order chi connectivity index (χ0) is 34.0. The summed E-state index contributed by atoms with van der Waals surface area (Å²) in [5.74, 6) is 0.223. The van der Waals surface area contributed by atoms with E-state index >= 15 is 0 Å². The van der Waals surface area contributed by atoms with E-state index in [2.05, 4.69) is 69.3 Å². The van der Waals surface area contributed by atoms with E-state index in [1.807, 2.05) is 0 Å². The summed E-state index contributed by atoms with van der Waals surface area (Å²) in [4.78, 5) is 15.5. The minimum atomic E-state index is 0.103. The normalized spacial score (nSPS) is 17.9. The molecule has 0 saturated heterocycles. The fraction of sp³-hybridized carbons (Fsp3) is 0.841. The van der Waals surface area contributed by atoms with Gasteiger partial charge in [-0.15, -0.1) is 0 Å². The summed E-state index contributed by atoms with van der Waals surface area (Å²) in [6.07, 6.45) is 51.7. The molecule has 1 aliphatic rings. The van der Waals surface area contributed by atoms with Crippen LogP contribution in [0.25, 0.3) is 0 Å². The number of carbonyl (C=O) groups excluding carboxylic acids is 1. The van der Waals surface area contributed by atoms with Gasteiger partial charge in [-0.25, -0.2) is 0 Å². The lowest BCUT2D eigenvalue weighted by molar-refractivity contribution is -0.156. The summed E-state index contributed by atoms with van der Waals surface area (Å²) in [5.41, 5.74) is 0. The summed E-state index contributed by atoms with van der Waals surface area (Å²) in [5, 5.41) is 0. The Kier molecular flexibility index (Phi) is 30.8. The Labute approximate surface area is 294 Å². The highest BCUT2D eigenvalue weighted by atomic mass is 16.5. The van der Waals surface area contributed by atoms with Gasteiger partial charge in [0, 0.05) is 6.04 Å². The first kappa shape index (κ1) is 43.7. The third kappa shape index (κ3) is 27.2. The Hall–Kier alpha value is -1.35. The fourth-order valence-corrected chi connectivity index (χ4v) is 6.96. The van der Waals surface area contributed by atoms with Crippen molar-refractivity contribution in [2.24, 2.45) is 5.92 Å². The molecule has 1 saturated carbocycles. The van der Waals surface area contributed by atoms with Gasteiger partial charge >= 0.3 is 5.97 Å². The van der Waals surface area contributed by atoms with Gasteiger partial charge in [-0.1, -0.05) is 140 Å². The second-order valence-electron chi connectivity index (χ2n) is 14.9. The average Bonchev–Trinajstić information content (AvgIpc) is 3.08. The van der Waals surface area contributed by atoms with Crippen LogP contribution in [-0.4, -0.2) is 37.1 Å². The van der Waals surface area contributed by atoms with E-state index in [9.17, 15) is 4.79 Å². The molecule has 1 rings (SSSR count). The van der Waals surface area contributed by atoms with E-state index in [1.54, 1.807) is 0 Å². The Bertz CT molecular complexity index is 761. The summed E-state index contributed by atoms with van der Waals surface area (Å²) in [6, 6.07) is 0.625. The van der Waals surface area contributed by atoms with E-state index in [0.717, 1.165) is 44.9 Å². The van der Waals surface area contributed by atoms with Crippen molar-refractivity contribution in [3.8, 4) is 0 Å². The molecule has 0 aliphatic heterocycles. The lowest BCUT2D eigenvalue weighted by Gasteiger charge is -2.32. The van der Waals surface area contributed by atoms with Crippen LogP contribution in [0, 0.1) is 5.92 Å². The van der Waals surface area contributed by atoms with E-state index in [1.165, 1.54) is 148 Å². The van der Waals surface area contributed by atoms with Crippen LogP contribution in [-0.2, 0) is 9.53 Å². The summed E-state index contributed by atoms with van der Waals surface area (Å²) < 4.78 is 6.25. The van der Waals surface area contributed by atoms with Crippen molar-refractivity contribution < 1.29 is 9.53 Å². The van der Waals surface area contributed by atoms with Gasteiger partial charge in [0.25, 0.3) is 0 Å². The Balaban J connectivity index is 2.23. The number of carbonyl (C=O) groups is 1. The molecule has 0 amide bonds. The molecular formula is C44H81NO2. The minimum Gasteiger partial charge on any atom is -0.462 e.